The molecule has 0 radical (unpaired) electrons. The van der Waals surface area contributed by atoms with Gasteiger partial charge in [-0.3, -0.25) is 4.90 Å². The van der Waals surface area contributed by atoms with Crippen molar-refractivity contribution in [2.45, 2.75) is 38.8 Å². The number of likely N-dealkylation sites (tertiary alicyclic amines) is 1. The quantitative estimate of drug-likeness (QED) is 0.719. The SMILES string of the molecule is COc1ncc(-c2ccc(CN3CCC[C@@H]3C3(C)C=CC4=C(C3)OCCO4)cc2)cn1. The number of methoxy groups -OCH3 is 1. The summed E-state index contributed by atoms with van der Waals surface area (Å²) in [6.45, 7) is 5.75. The van der Waals surface area contributed by atoms with E-state index < -0.39 is 0 Å². The fourth-order valence-corrected chi connectivity index (χ4v) is 5.02. The highest BCUT2D eigenvalue weighted by Crippen LogP contribution is 2.44. The van der Waals surface area contributed by atoms with Crippen molar-refractivity contribution >= 4 is 0 Å². The van der Waals surface area contributed by atoms with Gasteiger partial charge in [-0.25, -0.2) is 9.97 Å². The van der Waals surface area contributed by atoms with Crippen molar-refractivity contribution in [3.05, 3.63) is 65.9 Å². The maximum atomic E-state index is 5.93. The molecule has 2 aliphatic heterocycles. The van der Waals surface area contributed by atoms with Gasteiger partial charge < -0.3 is 14.2 Å². The fourth-order valence-electron chi connectivity index (χ4n) is 5.02. The molecule has 0 amide bonds. The van der Waals surface area contributed by atoms with Gasteiger partial charge in [-0.15, -0.1) is 0 Å². The summed E-state index contributed by atoms with van der Waals surface area (Å²) < 4.78 is 16.7. The van der Waals surface area contributed by atoms with Gasteiger partial charge in [0.1, 0.15) is 19.0 Å². The van der Waals surface area contributed by atoms with Gasteiger partial charge in [0, 0.05) is 42.4 Å². The van der Waals surface area contributed by atoms with Gasteiger partial charge in [0.05, 0.1) is 7.11 Å². The van der Waals surface area contributed by atoms with Gasteiger partial charge >= 0.3 is 6.01 Å². The van der Waals surface area contributed by atoms with Crippen molar-refractivity contribution in [3.8, 4) is 17.1 Å². The van der Waals surface area contributed by atoms with E-state index in [0.717, 1.165) is 42.2 Å². The zero-order valence-electron chi connectivity index (χ0n) is 18.2. The van der Waals surface area contributed by atoms with Crippen molar-refractivity contribution in [1.29, 1.82) is 0 Å². The zero-order chi connectivity index (χ0) is 21.3. The molecule has 1 saturated heterocycles. The number of aromatic nitrogens is 2. The molecule has 3 heterocycles. The van der Waals surface area contributed by atoms with Gasteiger partial charge in [0.25, 0.3) is 0 Å². The van der Waals surface area contributed by atoms with Crippen molar-refractivity contribution < 1.29 is 14.2 Å². The van der Waals surface area contributed by atoms with E-state index in [1.807, 2.05) is 0 Å². The van der Waals surface area contributed by atoms with Crippen molar-refractivity contribution in [2.75, 3.05) is 26.9 Å². The van der Waals surface area contributed by atoms with Gasteiger partial charge in [0.2, 0.25) is 0 Å². The molecule has 31 heavy (non-hydrogen) atoms. The molecule has 6 nitrogen and oxygen atoms in total. The molecule has 0 N–H and O–H groups in total. The van der Waals surface area contributed by atoms with Crippen molar-refractivity contribution in [2.24, 2.45) is 5.41 Å². The number of ether oxygens (including phenoxy) is 3. The second-order valence-electron chi connectivity index (χ2n) is 8.78. The van der Waals surface area contributed by atoms with Crippen LogP contribution in [0.4, 0.5) is 0 Å². The third-order valence-electron chi connectivity index (χ3n) is 6.66. The molecule has 6 heteroatoms. The van der Waals surface area contributed by atoms with Crippen molar-refractivity contribution in [3.63, 3.8) is 0 Å². The summed E-state index contributed by atoms with van der Waals surface area (Å²) in [6.07, 6.45) is 11.4. The van der Waals surface area contributed by atoms with Crippen molar-refractivity contribution in [1.82, 2.24) is 14.9 Å². The Morgan fingerprint density at radius 3 is 2.65 bits per heavy atom. The average Bonchev–Trinajstić information content (AvgIpc) is 3.29. The Labute approximate surface area is 183 Å². The largest absolute Gasteiger partial charge is 0.490 e. The number of hydrogen-bond acceptors (Lipinski definition) is 6. The summed E-state index contributed by atoms with van der Waals surface area (Å²) in [7, 11) is 1.57. The van der Waals surface area contributed by atoms with E-state index in [0.29, 0.717) is 25.3 Å². The Balaban J connectivity index is 1.28. The van der Waals surface area contributed by atoms with E-state index in [2.05, 4.69) is 58.2 Å². The molecule has 5 rings (SSSR count). The molecule has 1 aromatic heterocycles. The molecule has 2 atom stereocenters. The molecular formula is C25H29N3O3. The van der Waals surface area contributed by atoms with Gasteiger partial charge in [0.15, 0.2) is 5.76 Å². The van der Waals surface area contributed by atoms with Crippen LogP contribution in [0.15, 0.2) is 60.3 Å². The predicted octanol–water partition coefficient (Wildman–Crippen LogP) is 4.34. The normalized spacial score (nSPS) is 25.7. The Morgan fingerprint density at radius 1 is 1.10 bits per heavy atom. The first-order valence-corrected chi connectivity index (χ1v) is 11.0. The predicted molar refractivity (Wildman–Crippen MR) is 118 cm³/mol. The van der Waals surface area contributed by atoms with Crippen LogP contribution >= 0.6 is 0 Å². The van der Waals surface area contributed by atoms with Crippen LogP contribution in [0, 0.1) is 5.41 Å². The first-order valence-electron chi connectivity index (χ1n) is 11.0. The first-order chi connectivity index (χ1) is 15.1. The van der Waals surface area contributed by atoms with Crippen LogP contribution in [0.2, 0.25) is 0 Å². The molecule has 0 saturated carbocycles. The third-order valence-corrected chi connectivity index (χ3v) is 6.66. The molecule has 0 bridgehead atoms. The van der Waals surface area contributed by atoms with Crippen LogP contribution in [0.3, 0.4) is 0 Å². The first kappa shape index (κ1) is 20.1. The highest BCUT2D eigenvalue weighted by atomic mass is 16.6. The van der Waals surface area contributed by atoms with Gasteiger partial charge in [-0.1, -0.05) is 37.3 Å². The molecule has 3 aliphatic rings. The maximum Gasteiger partial charge on any atom is 0.316 e. The summed E-state index contributed by atoms with van der Waals surface area (Å²) in [6, 6.07) is 9.62. The summed E-state index contributed by atoms with van der Waals surface area (Å²) in [4.78, 5) is 11.0. The minimum absolute atomic E-state index is 0.0659. The second-order valence-corrected chi connectivity index (χ2v) is 8.78. The molecule has 1 fully saturated rings. The third kappa shape index (κ3) is 4.04. The lowest BCUT2D eigenvalue weighted by molar-refractivity contribution is 0.0403. The Hall–Kier alpha value is -2.86. The van der Waals surface area contributed by atoms with Crippen LogP contribution < -0.4 is 4.74 Å². The lowest BCUT2D eigenvalue weighted by atomic mass is 9.74. The monoisotopic (exact) mass is 419 g/mol. The average molecular weight is 420 g/mol. The number of benzene rings is 1. The van der Waals surface area contributed by atoms with E-state index in [1.54, 1.807) is 19.5 Å². The summed E-state index contributed by atoms with van der Waals surface area (Å²) in [5.74, 6) is 1.94. The number of hydrogen-bond donors (Lipinski definition) is 0. The van der Waals surface area contributed by atoms with Gasteiger partial charge in [-0.05, 0) is 36.6 Å². The number of nitrogens with zero attached hydrogens (tertiary/aromatic N) is 3. The van der Waals surface area contributed by atoms with E-state index in [-0.39, 0.29) is 5.41 Å². The fraction of sp³-hybridized carbons (Fsp3) is 0.440. The minimum Gasteiger partial charge on any atom is -0.490 e. The lowest BCUT2D eigenvalue weighted by Gasteiger charge is -2.41. The highest BCUT2D eigenvalue weighted by Gasteiger charge is 2.42. The Morgan fingerprint density at radius 2 is 1.87 bits per heavy atom. The second kappa shape index (κ2) is 8.35. The molecule has 1 aromatic carbocycles. The van der Waals surface area contributed by atoms with Crippen LogP contribution in [-0.2, 0) is 16.0 Å². The lowest BCUT2D eigenvalue weighted by Crippen LogP contribution is -2.43. The van der Waals surface area contributed by atoms with Crippen LogP contribution in [0.5, 0.6) is 6.01 Å². The molecule has 2 aromatic rings. The van der Waals surface area contributed by atoms with E-state index in [1.165, 1.54) is 18.4 Å². The zero-order valence-corrected chi connectivity index (χ0v) is 18.2. The van der Waals surface area contributed by atoms with E-state index in [9.17, 15) is 0 Å². The van der Waals surface area contributed by atoms with Crippen LogP contribution in [0.1, 0.15) is 31.7 Å². The summed E-state index contributed by atoms with van der Waals surface area (Å²) in [5, 5.41) is 0. The van der Waals surface area contributed by atoms with Gasteiger partial charge in [-0.2, -0.15) is 0 Å². The van der Waals surface area contributed by atoms with E-state index in [4.69, 9.17) is 14.2 Å². The maximum absolute atomic E-state index is 5.93. The number of rotatable bonds is 5. The van der Waals surface area contributed by atoms with Crippen LogP contribution in [-0.4, -0.2) is 47.8 Å². The highest BCUT2D eigenvalue weighted by molar-refractivity contribution is 5.61. The minimum atomic E-state index is 0.0659. The van der Waals surface area contributed by atoms with Crippen LogP contribution in [0.25, 0.3) is 11.1 Å². The molecular weight excluding hydrogens is 390 g/mol. The molecule has 1 unspecified atom stereocenters. The number of allylic oxidation sites excluding steroid dienone is 2. The topological polar surface area (TPSA) is 56.7 Å². The summed E-state index contributed by atoms with van der Waals surface area (Å²) >= 11 is 0. The molecule has 162 valence electrons. The Kier molecular flexibility index (Phi) is 5.40. The van der Waals surface area contributed by atoms with E-state index >= 15 is 0 Å². The standard InChI is InChI=1S/C25H29N3O3/c1-25(10-9-21-22(14-25)31-13-12-30-21)23-4-3-11-28(23)17-18-5-7-19(8-6-18)20-15-26-24(29-2)27-16-20/h5-10,15-16,23H,3-4,11-14,17H2,1-2H3/t23-,25?/m1/s1. The molecule has 1 aliphatic carbocycles. The smallest absolute Gasteiger partial charge is 0.316 e. The molecule has 0 spiro atoms. The Bertz CT molecular complexity index is 984. The summed E-state index contributed by atoms with van der Waals surface area (Å²) in [5.41, 5.74) is 3.49.